The lowest BCUT2D eigenvalue weighted by atomic mass is 9.43. The molecule has 1 aromatic rings. The second-order valence-corrected chi connectivity index (χ2v) is 16.3. The number of halogens is 2. The van der Waals surface area contributed by atoms with Crippen LogP contribution >= 0.6 is 0 Å². The minimum absolute atomic E-state index is 0.0156. The molecule has 1 N–H and O–H groups in total. The molecular formula is C36H51BF2N4O5. The monoisotopic (exact) mass is 668 g/mol. The highest BCUT2D eigenvalue weighted by Gasteiger charge is 2.68. The van der Waals surface area contributed by atoms with Gasteiger partial charge in [0.1, 0.15) is 5.92 Å². The largest absolute Gasteiger partial charge is 0.482 e. The Hall–Kier alpha value is -2.59. The van der Waals surface area contributed by atoms with Crippen LogP contribution in [0.1, 0.15) is 72.8 Å². The van der Waals surface area contributed by atoms with Crippen molar-refractivity contribution in [2.75, 3.05) is 32.8 Å². The molecule has 3 aliphatic carbocycles. The molecule has 1 aromatic carbocycles. The summed E-state index contributed by atoms with van der Waals surface area (Å²) in [6.07, 6.45) is 1.85. The second kappa shape index (κ2) is 12.9. The van der Waals surface area contributed by atoms with E-state index in [1.165, 1.54) is 0 Å². The third-order valence-electron chi connectivity index (χ3n) is 12.8. The molecule has 3 saturated carbocycles. The Morgan fingerprint density at radius 3 is 2.54 bits per heavy atom. The summed E-state index contributed by atoms with van der Waals surface area (Å²) in [6.45, 7) is 12.8. The molecule has 6 fully saturated rings. The van der Waals surface area contributed by atoms with Crippen LogP contribution in [0, 0.1) is 40.4 Å². The summed E-state index contributed by atoms with van der Waals surface area (Å²) >= 11 is 0. The van der Waals surface area contributed by atoms with Crippen molar-refractivity contribution in [1.29, 1.82) is 5.26 Å². The van der Waals surface area contributed by atoms with Crippen molar-refractivity contribution < 1.29 is 32.4 Å². The molecule has 2 amide bonds. The highest BCUT2D eigenvalue weighted by molar-refractivity contribution is 6.48. The molecular weight excluding hydrogens is 617 g/mol. The molecule has 12 heteroatoms. The maximum Gasteiger partial charge on any atom is 0.482 e. The van der Waals surface area contributed by atoms with Crippen molar-refractivity contribution in [1.82, 2.24) is 15.1 Å². The van der Waals surface area contributed by atoms with Crippen LogP contribution in [0.25, 0.3) is 0 Å². The smallest absolute Gasteiger partial charge is 0.404 e. The van der Waals surface area contributed by atoms with E-state index in [2.05, 4.69) is 32.2 Å². The third kappa shape index (κ3) is 6.52. The molecule has 3 saturated heterocycles. The number of ether oxygens (including phenoxy) is 1. The van der Waals surface area contributed by atoms with E-state index >= 15 is 0 Å². The number of rotatable bonds is 10. The first kappa shape index (κ1) is 35.2. The topological polar surface area (TPSA) is 104 Å². The number of carbonyl (C=O) groups excluding carboxylic acids is 2. The van der Waals surface area contributed by atoms with E-state index in [1.54, 1.807) is 16.7 Å². The maximum atomic E-state index is 14.0. The van der Waals surface area contributed by atoms with E-state index in [-0.39, 0.29) is 62.4 Å². The highest BCUT2D eigenvalue weighted by atomic mass is 19.3. The number of hydrogen-bond acceptors (Lipinski definition) is 7. The fraction of sp³-hybridized carbons (Fsp3) is 0.750. The summed E-state index contributed by atoms with van der Waals surface area (Å²) in [4.78, 5) is 30.6. The van der Waals surface area contributed by atoms with E-state index in [9.17, 15) is 23.6 Å². The Morgan fingerprint density at radius 1 is 1.17 bits per heavy atom. The van der Waals surface area contributed by atoms with Gasteiger partial charge in [-0.3, -0.25) is 14.5 Å². The van der Waals surface area contributed by atoms with Crippen molar-refractivity contribution in [3.63, 3.8) is 0 Å². The zero-order chi connectivity index (χ0) is 34.6. The van der Waals surface area contributed by atoms with Gasteiger partial charge in [0.25, 0.3) is 5.92 Å². The van der Waals surface area contributed by atoms with E-state index in [0.29, 0.717) is 24.8 Å². The van der Waals surface area contributed by atoms with Crippen LogP contribution < -0.4 is 5.32 Å². The Balaban J connectivity index is 1.09. The van der Waals surface area contributed by atoms with Crippen LogP contribution in [0.5, 0.6) is 0 Å². The Morgan fingerprint density at radius 2 is 1.90 bits per heavy atom. The van der Waals surface area contributed by atoms with Gasteiger partial charge in [0.05, 0.1) is 49.4 Å². The van der Waals surface area contributed by atoms with Gasteiger partial charge in [0, 0.05) is 31.6 Å². The van der Waals surface area contributed by atoms with Gasteiger partial charge in [-0.05, 0) is 68.8 Å². The predicted octanol–water partition coefficient (Wildman–Crippen LogP) is 4.49. The third-order valence-corrected chi connectivity index (χ3v) is 12.8. The van der Waals surface area contributed by atoms with Gasteiger partial charge in [0.2, 0.25) is 11.8 Å². The molecule has 8 atom stereocenters. The number of nitrogens with zero attached hydrogens (tertiary/aromatic N) is 3. The van der Waals surface area contributed by atoms with Crippen molar-refractivity contribution in [2.24, 2.45) is 29.1 Å². The van der Waals surface area contributed by atoms with E-state index < -0.39 is 48.1 Å². The maximum absolute atomic E-state index is 14.0. The fourth-order valence-electron chi connectivity index (χ4n) is 9.17. The Labute approximate surface area is 284 Å². The van der Waals surface area contributed by atoms with Crippen molar-refractivity contribution in [2.45, 2.75) is 109 Å². The van der Waals surface area contributed by atoms with Crippen LogP contribution in [0.3, 0.4) is 0 Å². The van der Waals surface area contributed by atoms with Crippen molar-refractivity contribution in [3.05, 3.63) is 35.9 Å². The summed E-state index contributed by atoms with van der Waals surface area (Å²) in [5, 5.41) is 13.3. The first-order chi connectivity index (χ1) is 22.5. The summed E-state index contributed by atoms with van der Waals surface area (Å²) < 4.78 is 47.3. The highest BCUT2D eigenvalue weighted by Crippen LogP contribution is 2.65. The van der Waals surface area contributed by atoms with Crippen LogP contribution in [0.15, 0.2) is 30.3 Å². The number of morpholine rings is 1. The normalized spacial score (nSPS) is 32.8. The Bertz CT molecular complexity index is 1410. The fourth-order valence-corrected chi connectivity index (χ4v) is 9.17. The number of nitrogens with one attached hydrogen (secondary N) is 1. The lowest BCUT2D eigenvalue weighted by molar-refractivity contribution is -0.199. The van der Waals surface area contributed by atoms with Crippen LogP contribution in [0.4, 0.5) is 8.78 Å². The first-order valence-electron chi connectivity index (χ1n) is 17.6. The lowest BCUT2D eigenvalue weighted by Gasteiger charge is -2.64. The molecule has 3 aliphatic heterocycles. The van der Waals surface area contributed by atoms with Gasteiger partial charge < -0.3 is 24.3 Å². The molecule has 2 bridgehead atoms. The molecule has 2 unspecified atom stereocenters. The first-order valence-corrected chi connectivity index (χ1v) is 17.6. The molecule has 9 nitrogen and oxygen atoms in total. The standard InChI is InChI=1S/C36H51BF2N4O5/c1-23(34(4,5)43-13-12-36(38,39)22-43)27(20-40)32(45)42-14-15-46-26(21-42)19-31(44)41-30(16-24-10-8-7-9-11-24)37-47-29-18-25-17-28(33(25,2)3)35(29,6)48-37/h7-11,23,25-30H,12-19,21-22H2,1-6H3,(H,41,44)/t23?,25-,26+,27?,28-,29+,30-,35-/m0/s1. The number of carbonyl (C=O) groups is 2. The summed E-state index contributed by atoms with van der Waals surface area (Å²) in [5.74, 6) is -4.29. The molecule has 0 spiro atoms. The van der Waals surface area contributed by atoms with Gasteiger partial charge in [0.15, 0.2) is 0 Å². The summed E-state index contributed by atoms with van der Waals surface area (Å²) in [6, 6.07) is 12.1. The van der Waals surface area contributed by atoms with Gasteiger partial charge in [-0.2, -0.15) is 5.26 Å². The average Bonchev–Trinajstić information content (AvgIpc) is 3.60. The van der Waals surface area contributed by atoms with Gasteiger partial charge >= 0.3 is 7.12 Å². The average molecular weight is 669 g/mol. The molecule has 6 aliphatic rings. The number of nitriles is 1. The van der Waals surface area contributed by atoms with Crippen LogP contribution in [-0.4, -0.2) is 96.7 Å². The van der Waals surface area contributed by atoms with Crippen molar-refractivity contribution in [3.8, 4) is 6.07 Å². The van der Waals surface area contributed by atoms with E-state index in [4.69, 9.17) is 14.0 Å². The molecule has 7 rings (SSSR count). The second-order valence-electron chi connectivity index (χ2n) is 16.3. The number of amides is 2. The van der Waals surface area contributed by atoms with E-state index in [0.717, 1.165) is 18.4 Å². The number of hydrogen-bond donors (Lipinski definition) is 1. The van der Waals surface area contributed by atoms with Gasteiger partial charge in [-0.15, -0.1) is 0 Å². The summed E-state index contributed by atoms with van der Waals surface area (Å²) in [5.41, 5.74) is 0.0612. The predicted molar refractivity (Wildman–Crippen MR) is 177 cm³/mol. The molecule has 0 aromatic heterocycles. The molecule has 262 valence electrons. The minimum Gasteiger partial charge on any atom is -0.404 e. The minimum atomic E-state index is -2.77. The molecule has 0 radical (unpaired) electrons. The van der Waals surface area contributed by atoms with Crippen molar-refractivity contribution >= 4 is 18.9 Å². The van der Waals surface area contributed by atoms with Crippen LogP contribution in [-0.2, 0) is 30.1 Å². The zero-order valence-electron chi connectivity index (χ0n) is 29.2. The molecule has 48 heavy (non-hydrogen) atoms. The Kier molecular flexibility index (Phi) is 9.51. The number of benzene rings is 1. The van der Waals surface area contributed by atoms with E-state index in [1.807, 2.05) is 44.2 Å². The lowest BCUT2D eigenvalue weighted by Crippen LogP contribution is -2.65. The zero-order valence-corrected chi connectivity index (χ0v) is 29.2. The quantitative estimate of drug-likeness (QED) is 0.367. The molecule has 3 heterocycles. The van der Waals surface area contributed by atoms with Crippen LogP contribution in [0.2, 0.25) is 0 Å². The van der Waals surface area contributed by atoms with Gasteiger partial charge in [-0.1, -0.05) is 51.1 Å². The summed E-state index contributed by atoms with van der Waals surface area (Å²) in [7, 11) is -0.596. The van der Waals surface area contributed by atoms with Gasteiger partial charge in [-0.25, -0.2) is 8.78 Å². The SMILES string of the molecule is CC(C(C#N)C(=O)N1CCO[C@H](CC(=O)N[C@@H](Cc2ccccc2)B2O[C@@H]3C[C@@H]4C[C@@H](C4(C)C)[C@]3(C)O2)C1)C(C)(C)N1CCC(F)(F)C1. The number of likely N-dealkylation sites (tertiary alicyclic amines) is 1. The number of alkyl halides is 2.